The van der Waals surface area contributed by atoms with E-state index in [1.165, 1.54) is 19.3 Å². The summed E-state index contributed by atoms with van der Waals surface area (Å²) in [6, 6.07) is 1.35. The second-order valence-electron chi connectivity index (χ2n) is 6.69. The van der Waals surface area contributed by atoms with Gasteiger partial charge in [0.2, 0.25) is 0 Å². The largest absolute Gasteiger partial charge is 0.481 e. The fraction of sp³-hybridized carbons (Fsp3) is 0.933. The average Bonchev–Trinajstić information content (AvgIpc) is 2.58. The van der Waals surface area contributed by atoms with Crippen molar-refractivity contribution >= 4 is 5.97 Å². The van der Waals surface area contributed by atoms with Crippen LogP contribution in [0.5, 0.6) is 0 Å². The van der Waals surface area contributed by atoms with Crippen molar-refractivity contribution in [3.8, 4) is 0 Å². The molecule has 0 aromatic heterocycles. The molecule has 0 aliphatic carbocycles. The summed E-state index contributed by atoms with van der Waals surface area (Å²) in [5, 5.41) is 9.51. The first-order valence-electron chi connectivity index (χ1n) is 7.64. The van der Waals surface area contributed by atoms with E-state index < -0.39 is 11.4 Å². The number of rotatable bonds is 5. The minimum Gasteiger partial charge on any atom is -0.481 e. The van der Waals surface area contributed by atoms with Crippen LogP contribution in [0.4, 0.5) is 0 Å². The van der Waals surface area contributed by atoms with E-state index in [0.717, 1.165) is 32.0 Å². The molecule has 3 unspecified atom stereocenters. The molecule has 0 spiro atoms. The Hall–Kier alpha value is -0.610. The van der Waals surface area contributed by atoms with Crippen LogP contribution in [0.2, 0.25) is 0 Å². The first kappa shape index (κ1) is 14.8. The molecule has 2 heterocycles. The van der Waals surface area contributed by atoms with Crippen molar-refractivity contribution in [2.24, 2.45) is 5.41 Å². The molecule has 1 N–H and O–H groups in total. The standard InChI is InChI=1S/C15H28N2O2/c1-4-8-15(2,14(18)19)11-17-9-7-12-5-6-13(10-17)16(12)3/h12-13H,4-11H2,1-3H3,(H,18,19). The Balaban J connectivity index is 2.00. The number of hydrogen-bond donors (Lipinski definition) is 1. The van der Waals surface area contributed by atoms with Crippen molar-refractivity contribution in [2.45, 2.75) is 58.0 Å². The highest BCUT2D eigenvalue weighted by Gasteiger charge is 2.39. The third-order valence-electron chi connectivity index (χ3n) is 5.12. The number of carboxylic acids is 1. The van der Waals surface area contributed by atoms with Crippen molar-refractivity contribution in [2.75, 3.05) is 26.7 Å². The van der Waals surface area contributed by atoms with Crippen molar-refractivity contribution in [3.63, 3.8) is 0 Å². The topological polar surface area (TPSA) is 43.8 Å². The van der Waals surface area contributed by atoms with E-state index in [0.29, 0.717) is 12.6 Å². The zero-order chi connectivity index (χ0) is 14.0. The van der Waals surface area contributed by atoms with Crippen LogP contribution in [0.3, 0.4) is 0 Å². The average molecular weight is 268 g/mol. The lowest BCUT2D eigenvalue weighted by Crippen LogP contribution is -2.44. The SMILES string of the molecule is CCCC(C)(CN1CCC2CCC(C1)N2C)C(=O)O. The minimum atomic E-state index is -0.642. The molecule has 19 heavy (non-hydrogen) atoms. The Morgan fingerprint density at radius 2 is 2.00 bits per heavy atom. The third kappa shape index (κ3) is 3.11. The zero-order valence-corrected chi connectivity index (χ0v) is 12.6. The number of carbonyl (C=O) groups is 1. The zero-order valence-electron chi connectivity index (χ0n) is 12.6. The molecule has 3 atom stereocenters. The van der Waals surface area contributed by atoms with E-state index in [-0.39, 0.29) is 0 Å². The number of carboxylic acid groups (broad SMARTS) is 1. The van der Waals surface area contributed by atoms with Crippen LogP contribution in [0.1, 0.15) is 46.0 Å². The molecule has 0 amide bonds. The molecular weight excluding hydrogens is 240 g/mol. The fourth-order valence-electron chi connectivity index (χ4n) is 3.82. The molecule has 110 valence electrons. The molecule has 4 nitrogen and oxygen atoms in total. The van der Waals surface area contributed by atoms with Gasteiger partial charge in [-0.3, -0.25) is 9.69 Å². The van der Waals surface area contributed by atoms with Gasteiger partial charge in [-0.15, -0.1) is 0 Å². The van der Waals surface area contributed by atoms with Crippen molar-refractivity contribution in [3.05, 3.63) is 0 Å². The maximum absolute atomic E-state index is 11.6. The normalized spacial score (nSPS) is 31.9. The van der Waals surface area contributed by atoms with Gasteiger partial charge in [0.05, 0.1) is 5.41 Å². The fourth-order valence-corrected chi connectivity index (χ4v) is 3.82. The van der Waals surface area contributed by atoms with Crippen LogP contribution < -0.4 is 0 Å². The Morgan fingerprint density at radius 3 is 2.63 bits per heavy atom. The Labute approximate surface area is 116 Å². The lowest BCUT2D eigenvalue weighted by Gasteiger charge is -2.33. The summed E-state index contributed by atoms with van der Waals surface area (Å²) in [5.74, 6) is -0.642. The second-order valence-corrected chi connectivity index (χ2v) is 6.69. The lowest BCUT2D eigenvalue weighted by molar-refractivity contribution is -0.149. The molecule has 2 aliphatic rings. The predicted octanol–water partition coefficient (Wildman–Crippen LogP) is 2.05. The van der Waals surface area contributed by atoms with Gasteiger partial charge in [0.25, 0.3) is 0 Å². The highest BCUT2D eigenvalue weighted by atomic mass is 16.4. The maximum atomic E-state index is 11.6. The van der Waals surface area contributed by atoms with Crippen LogP contribution in [-0.4, -0.2) is 59.6 Å². The van der Waals surface area contributed by atoms with Crippen molar-refractivity contribution < 1.29 is 9.90 Å². The molecule has 4 heteroatoms. The third-order valence-corrected chi connectivity index (χ3v) is 5.12. The summed E-state index contributed by atoms with van der Waals surface area (Å²) in [6.45, 7) is 6.77. The van der Waals surface area contributed by atoms with E-state index >= 15 is 0 Å². The van der Waals surface area contributed by atoms with Gasteiger partial charge in [-0.2, -0.15) is 0 Å². The first-order chi connectivity index (χ1) is 8.96. The molecule has 0 saturated carbocycles. The summed E-state index contributed by atoms with van der Waals surface area (Å²) in [4.78, 5) is 16.5. The molecular formula is C15H28N2O2. The number of fused-ring (bicyclic) bond motifs is 2. The molecule has 0 aromatic carbocycles. The Bertz CT molecular complexity index is 334. The van der Waals surface area contributed by atoms with Crippen LogP contribution in [0.15, 0.2) is 0 Å². The summed E-state index contributed by atoms with van der Waals surface area (Å²) < 4.78 is 0. The summed E-state index contributed by atoms with van der Waals surface area (Å²) in [5.41, 5.74) is -0.586. The monoisotopic (exact) mass is 268 g/mol. The molecule has 2 fully saturated rings. The number of likely N-dealkylation sites (tertiary alicyclic amines) is 1. The quantitative estimate of drug-likeness (QED) is 0.829. The number of hydrogen-bond acceptors (Lipinski definition) is 3. The number of likely N-dealkylation sites (N-methyl/N-ethyl adjacent to an activating group) is 1. The van der Waals surface area contributed by atoms with E-state index in [4.69, 9.17) is 0 Å². The molecule has 2 aliphatic heterocycles. The second kappa shape index (κ2) is 5.80. The molecule has 2 bridgehead atoms. The van der Waals surface area contributed by atoms with Gasteiger partial charge in [0.15, 0.2) is 0 Å². The van der Waals surface area contributed by atoms with E-state index in [2.05, 4.69) is 23.8 Å². The van der Waals surface area contributed by atoms with Gasteiger partial charge < -0.3 is 10.0 Å². The van der Waals surface area contributed by atoms with Crippen molar-refractivity contribution in [1.82, 2.24) is 9.80 Å². The van der Waals surface area contributed by atoms with Crippen LogP contribution in [0, 0.1) is 5.41 Å². The van der Waals surface area contributed by atoms with Gasteiger partial charge in [-0.05, 0) is 46.2 Å². The molecule has 2 rings (SSSR count). The van der Waals surface area contributed by atoms with Gasteiger partial charge >= 0.3 is 5.97 Å². The first-order valence-corrected chi connectivity index (χ1v) is 7.64. The van der Waals surface area contributed by atoms with Crippen LogP contribution in [-0.2, 0) is 4.79 Å². The van der Waals surface area contributed by atoms with Gasteiger partial charge in [-0.25, -0.2) is 0 Å². The van der Waals surface area contributed by atoms with Crippen LogP contribution in [0.25, 0.3) is 0 Å². The van der Waals surface area contributed by atoms with E-state index in [1.54, 1.807) is 0 Å². The van der Waals surface area contributed by atoms with Gasteiger partial charge in [0.1, 0.15) is 0 Å². The highest BCUT2D eigenvalue weighted by molar-refractivity contribution is 5.74. The summed E-state index contributed by atoms with van der Waals surface area (Å²) in [6.07, 6.45) is 5.48. The van der Waals surface area contributed by atoms with E-state index in [1.807, 2.05) is 6.92 Å². The molecule has 2 saturated heterocycles. The van der Waals surface area contributed by atoms with Gasteiger partial charge in [0, 0.05) is 25.2 Å². The molecule has 0 radical (unpaired) electrons. The predicted molar refractivity (Wildman–Crippen MR) is 76.3 cm³/mol. The van der Waals surface area contributed by atoms with Crippen LogP contribution >= 0.6 is 0 Å². The maximum Gasteiger partial charge on any atom is 0.310 e. The molecule has 0 aromatic rings. The highest BCUT2D eigenvalue weighted by Crippen LogP contribution is 2.31. The number of nitrogens with zero attached hydrogens (tertiary/aromatic N) is 2. The van der Waals surface area contributed by atoms with Crippen molar-refractivity contribution in [1.29, 1.82) is 0 Å². The minimum absolute atomic E-state index is 0.586. The summed E-state index contributed by atoms with van der Waals surface area (Å²) >= 11 is 0. The lowest BCUT2D eigenvalue weighted by atomic mass is 9.85. The Kier molecular flexibility index (Phi) is 4.51. The Morgan fingerprint density at radius 1 is 1.32 bits per heavy atom. The van der Waals surface area contributed by atoms with E-state index in [9.17, 15) is 9.90 Å². The smallest absolute Gasteiger partial charge is 0.310 e. The number of aliphatic carboxylic acids is 1. The summed E-state index contributed by atoms with van der Waals surface area (Å²) in [7, 11) is 2.23. The van der Waals surface area contributed by atoms with Gasteiger partial charge in [-0.1, -0.05) is 13.3 Å².